The minimum absolute atomic E-state index is 0.0150. The van der Waals surface area contributed by atoms with E-state index in [1.807, 2.05) is 17.4 Å². The van der Waals surface area contributed by atoms with Crippen LogP contribution in [-0.4, -0.2) is 0 Å². The highest BCUT2D eigenvalue weighted by molar-refractivity contribution is 7.19. The van der Waals surface area contributed by atoms with Crippen molar-refractivity contribution in [3.05, 3.63) is 56.8 Å². The van der Waals surface area contributed by atoms with Crippen LogP contribution in [0.2, 0.25) is 0 Å². The molecule has 3 rings (SSSR count). The van der Waals surface area contributed by atoms with Crippen LogP contribution in [0.4, 0.5) is 4.39 Å². The van der Waals surface area contributed by atoms with E-state index in [0.29, 0.717) is 0 Å². The van der Waals surface area contributed by atoms with Crippen molar-refractivity contribution in [2.24, 2.45) is 5.73 Å². The Labute approximate surface area is 125 Å². The zero-order chi connectivity index (χ0) is 14.1. The minimum atomic E-state index is -0.190. The minimum Gasteiger partial charge on any atom is -0.323 e. The number of nitrogens with two attached hydrogens (primary N) is 1. The molecule has 2 heterocycles. The third-order valence-corrected chi connectivity index (χ3v) is 5.84. The van der Waals surface area contributed by atoms with Crippen LogP contribution in [0.1, 0.15) is 27.6 Å². The van der Waals surface area contributed by atoms with Gasteiger partial charge >= 0.3 is 0 Å². The first-order chi connectivity index (χ1) is 9.65. The summed E-state index contributed by atoms with van der Waals surface area (Å²) in [6, 6.07) is 11.3. The highest BCUT2D eigenvalue weighted by Crippen LogP contribution is 2.32. The summed E-state index contributed by atoms with van der Waals surface area (Å²) >= 11 is 3.42. The Morgan fingerprint density at radius 3 is 2.65 bits per heavy atom. The van der Waals surface area contributed by atoms with Crippen molar-refractivity contribution in [2.45, 2.75) is 25.8 Å². The monoisotopic (exact) mass is 305 g/mol. The summed E-state index contributed by atoms with van der Waals surface area (Å²) in [5.74, 6) is -0.190. The van der Waals surface area contributed by atoms with Crippen LogP contribution in [0, 0.1) is 5.82 Å². The predicted molar refractivity (Wildman–Crippen MR) is 86.1 cm³/mol. The van der Waals surface area contributed by atoms with E-state index in [1.54, 1.807) is 17.4 Å². The Morgan fingerprint density at radius 2 is 1.90 bits per heavy atom. The van der Waals surface area contributed by atoms with E-state index >= 15 is 0 Å². The normalized spacial score (nSPS) is 12.9. The van der Waals surface area contributed by atoms with Gasteiger partial charge in [-0.25, -0.2) is 4.39 Å². The molecule has 4 heteroatoms. The molecular weight excluding hydrogens is 289 g/mol. The van der Waals surface area contributed by atoms with Crippen molar-refractivity contribution in [3.8, 4) is 0 Å². The van der Waals surface area contributed by atoms with Gasteiger partial charge in [-0.15, -0.1) is 22.7 Å². The second kappa shape index (κ2) is 5.64. The largest absolute Gasteiger partial charge is 0.323 e. The van der Waals surface area contributed by atoms with E-state index in [9.17, 15) is 4.39 Å². The SMILES string of the molecule is CCc1ccc(CC(N)c2cc3ccc(F)cc3s2)s1. The lowest BCUT2D eigenvalue weighted by Crippen LogP contribution is -2.10. The summed E-state index contributed by atoms with van der Waals surface area (Å²) in [6.07, 6.45) is 1.92. The second-order valence-corrected chi connectivity index (χ2v) is 7.23. The number of rotatable bonds is 4. The first-order valence-corrected chi connectivity index (χ1v) is 8.31. The van der Waals surface area contributed by atoms with E-state index in [4.69, 9.17) is 5.73 Å². The Kier molecular flexibility index (Phi) is 3.87. The number of benzene rings is 1. The fourth-order valence-electron chi connectivity index (χ4n) is 2.25. The molecule has 0 saturated carbocycles. The van der Waals surface area contributed by atoms with E-state index in [0.717, 1.165) is 27.8 Å². The Hall–Kier alpha value is -1.23. The predicted octanol–water partition coefficient (Wildman–Crippen LogP) is 4.91. The van der Waals surface area contributed by atoms with Crippen molar-refractivity contribution < 1.29 is 4.39 Å². The summed E-state index contributed by atoms with van der Waals surface area (Å²) < 4.78 is 14.2. The highest BCUT2D eigenvalue weighted by atomic mass is 32.1. The molecule has 104 valence electrons. The summed E-state index contributed by atoms with van der Waals surface area (Å²) in [6.45, 7) is 2.16. The van der Waals surface area contributed by atoms with Gasteiger partial charge in [0, 0.05) is 31.8 Å². The first kappa shape index (κ1) is 13.7. The number of hydrogen-bond donors (Lipinski definition) is 1. The molecule has 0 saturated heterocycles. The number of thiophene rings is 2. The molecule has 0 aliphatic carbocycles. The first-order valence-electron chi connectivity index (χ1n) is 6.68. The van der Waals surface area contributed by atoms with Crippen molar-refractivity contribution in [1.82, 2.24) is 0 Å². The molecule has 3 aromatic rings. The van der Waals surface area contributed by atoms with Gasteiger partial charge in [-0.2, -0.15) is 0 Å². The van der Waals surface area contributed by atoms with Gasteiger partial charge in [0.1, 0.15) is 5.82 Å². The molecule has 1 atom stereocenters. The van der Waals surface area contributed by atoms with Gasteiger partial charge in [0.05, 0.1) is 0 Å². The van der Waals surface area contributed by atoms with Gasteiger partial charge in [0.2, 0.25) is 0 Å². The zero-order valence-electron chi connectivity index (χ0n) is 11.2. The van der Waals surface area contributed by atoms with Crippen LogP contribution < -0.4 is 5.73 Å². The maximum Gasteiger partial charge on any atom is 0.124 e. The van der Waals surface area contributed by atoms with E-state index in [-0.39, 0.29) is 11.9 Å². The molecule has 1 unspecified atom stereocenters. The fourth-order valence-corrected chi connectivity index (χ4v) is 4.35. The van der Waals surface area contributed by atoms with Gasteiger partial charge < -0.3 is 5.73 Å². The zero-order valence-corrected chi connectivity index (χ0v) is 12.9. The van der Waals surface area contributed by atoms with E-state index < -0.39 is 0 Å². The fraction of sp³-hybridized carbons (Fsp3) is 0.250. The summed E-state index contributed by atoms with van der Waals surface area (Å²) in [5, 5.41) is 1.07. The number of fused-ring (bicyclic) bond motifs is 1. The lowest BCUT2D eigenvalue weighted by Gasteiger charge is -2.07. The molecule has 0 spiro atoms. The van der Waals surface area contributed by atoms with Gasteiger partial charge in [-0.1, -0.05) is 13.0 Å². The average molecular weight is 305 g/mol. The number of hydrogen-bond acceptors (Lipinski definition) is 3. The Balaban J connectivity index is 1.82. The molecule has 20 heavy (non-hydrogen) atoms. The molecule has 0 aliphatic rings. The summed E-state index contributed by atoms with van der Waals surface area (Å²) in [4.78, 5) is 3.83. The van der Waals surface area contributed by atoms with Gasteiger partial charge in [-0.05, 0) is 42.1 Å². The van der Waals surface area contributed by atoms with Crippen LogP contribution in [0.3, 0.4) is 0 Å². The molecule has 2 aromatic heterocycles. The quantitative estimate of drug-likeness (QED) is 0.728. The lowest BCUT2D eigenvalue weighted by atomic mass is 10.1. The molecule has 0 radical (unpaired) electrons. The van der Waals surface area contributed by atoms with E-state index in [1.165, 1.54) is 15.8 Å². The van der Waals surface area contributed by atoms with Gasteiger partial charge in [0.25, 0.3) is 0 Å². The second-order valence-electron chi connectivity index (χ2n) is 4.86. The molecular formula is C16H16FNS2. The van der Waals surface area contributed by atoms with Crippen molar-refractivity contribution in [3.63, 3.8) is 0 Å². The van der Waals surface area contributed by atoms with Crippen LogP contribution in [0.15, 0.2) is 36.4 Å². The van der Waals surface area contributed by atoms with Crippen LogP contribution in [-0.2, 0) is 12.8 Å². The van der Waals surface area contributed by atoms with Crippen LogP contribution in [0.25, 0.3) is 10.1 Å². The molecule has 1 aromatic carbocycles. The van der Waals surface area contributed by atoms with Gasteiger partial charge in [-0.3, -0.25) is 0 Å². The van der Waals surface area contributed by atoms with Crippen LogP contribution >= 0.6 is 22.7 Å². The third-order valence-electron chi connectivity index (χ3n) is 3.35. The molecule has 0 fully saturated rings. The average Bonchev–Trinajstić information content (AvgIpc) is 3.04. The Morgan fingerprint density at radius 1 is 1.10 bits per heavy atom. The molecule has 2 N–H and O–H groups in total. The van der Waals surface area contributed by atoms with Crippen molar-refractivity contribution in [1.29, 1.82) is 0 Å². The van der Waals surface area contributed by atoms with Crippen LogP contribution in [0.5, 0.6) is 0 Å². The maximum absolute atomic E-state index is 13.2. The standard InChI is InChI=1S/C16H16FNS2/c1-2-12-5-6-13(19-12)9-14(18)16-7-10-3-4-11(17)8-15(10)20-16/h3-8,14H,2,9,18H2,1H3. The Bertz CT molecular complexity index is 729. The highest BCUT2D eigenvalue weighted by Gasteiger charge is 2.12. The number of halogens is 1. The molecule has 1 nitrogen and oxygen atoms in total. The third kappa shape index (κ3) is 2.77. The molecule has 0 bridgehead atoms. The molecule has 0 aliphatic heterocycles. The summed E-state index contributed by atoms with van der Waals surface area (Å²) in [5.41, 5.74) is 6.30. The number of aryl methyl sites for hydroxylation is 1. The van der Waals surface area contributed by atoms with E-state index in [2.05, 4.69) is 25.1 Å². The van der Waals surface area contributed by atoms with Crippen molar-refractivity contribution in [2.75, 3.05) is 0 Å². The lowest BCUT2D eigenvalue weighted by molar-refractivity contribution is 0.630. The maximum atomic E-state index is 13.2. The molecule has 0 amide bonds. The van der Waals surface area contributed by atoms with Crippen molar-refractivity contribution >= 4 is 32.8 Å². The smallest absolute Gasteiger partial charge is 0.124 e. The summed E-state index contributed by atoms with van der Waals surface area (Å²) in [7, 11) is 0. The van der Waals surface area contributed by atoms with Gasteiger partial charge in [0.15, 0.2) is 0 Å². The topological polar surface area (TPSA) is 26.0 Å².